The Balaban J connectivity index is 2.01. The number of nitrogens with one attached hydrogen (secondary N) is 2. The summed E-state index contributed by atoms with van der Waals surface area (Å²) in [6.45, 7) is 8.08. The third kappa shape index (κ3) is 4.78. The van der Waals surface area contributed by atoms with Gasteiger partial charge in [0.15, 0.2) is 0 Å². The van der Waals surface area contributed by atoms with E-state index in [0.29, 0.717) is 6.54 Å². The van der Waals surface area contributed by atoms with E-state index in [0.717, 1.165) is 38.1 Å². The molecule has 1 saturated heterocycles. The molecular weight excluding hydrogens is 340 g/mol. The van der Waals surface area contributed by atoms with Crippen molar-refractivity contribution in [2.45, 2.75) is 45.7 Å². The molecule has 1 aliphatic rings. The maximum atomic E-state index is 13.8. The fourth-order valence-corrected chi connectivity index (χ4v) is 3.33. The number of hydrogen-bond donors (Lipinski definition) is 2. The van der Waals surface area contributed by atoms with Crippen LogP contribution in [0.5, 0.6) is 0 Å². The van der Waals surface area contributed by atoms with Gasteiger partial charge in [0.25, 0.3) is 5.91 Å². The van der Waals surface area contributed by atoms with E-state index in [-0.39, 0.29) is 17.9 Å². The first-order chi connectivity index (χ1) is 12.3. The normalized spacial score (nSPS) is 18.8. The summed E-state index contributed by atoms with van der Waals surface area (Å²) in [6, 6.07) is 2.65. The summed E-state index contributed by atoms with van der Waals surface area (Å²) in [7, 11) is 0. The molecular formula is C19H27F2N3O2. The van der Waals surface area contributed by atoms with Gasteiger partial charge in [0.05, 0.1) is 0 Å². The van der Waals surface area contributed by atoms with E-state index >= 15 is 0 Å². The molecule has 144 valence electrons. The number of likely N-dealkylation sites (N-methyl/N-ethyl adjacent to an activating group) is 1. The SMILES string of the molecule is CCN1CCCC1CNC(=O)C(NC(=O)c1c(F)cccc1F)C(C)C. The van der Waals surface area contributed by atoms with E-state index in [2.05, 4.69) is 22.5 Å². The van der Waals surface area contributed by atoms with E-state index in [1.807, 2.05) is 0 Å². The molecule has 2 N–H and O–H groups in total. The Morgan fingerprint density at radius 3 is 2.50 bits per heavy atom. The maximum absolute atomic E-state index is 13.8. The zero-order valence-corrected chi connectivity index (χ0v) is 15.5. The second-order valence-electron chi connectivity index (χ2n) is 6.96. The second-order valence-corrected chi connectivity index (χ2v) is 6.96. The van der Waals surface area contributed by atoms with Gasteiger partial charge in [-0.2, -0.15) is 0 Å². The summed E-state index contributed by atoms with van der Waals surface area (Å²) < 4.78 is 27.6. The van der Waals surface area contributed by atoms with Crippen molar-refractivity contribution in [2.75, 3.05) is 19.6 Å². The summed E-state index contributed by atoms with van der Waals surface area (Å²) in [4.78, 5) is 27.1. The molecule has 1 heterocycles. The predicted molar refractivity (Wildman–Crippen MR) is 95.7 cm³/mol. The second kappa shape index (κ2) is 9.07. The fraction of sp³-hybridized carbons (Fsp3) is 0.579. The Bertz CT molecular complexity index is 631. The highest BCUT2D eigenvalue weighted by Crippen LogP contribution is 2.16. The lowest BCUT2D eigenvalue weighted by Gasteiger charge is -2.26. The minimum Gasteiger partial charge on any atom is -0.353 e. The van der Waals surface area contributed by atoms with Gasteiger partial charge in [-0.25, -0.2) is 8.78 Å². The Hall–Kier alpha value is -2.02. The zero-order valence-electron chi connectivity index (χ0n) is 15.5. The van der Waals surface area contributed by atoms with Crippen molar-refractivity contribution in [2.24, 2.45) is 5.92 Å². The van der Waals surface area contributed by atoms with Gasteiger partial charge in [0.2, 0.25) is 5.91 Å². The van der Waals surface area contributed by atoms with Gasteiger partial charge in [-0.15, -0.1) is 0 Å². The molecule has 2 unspecified atom stereocenters. The van der Waals surface area contributed by atoms with Crippen molar-refractivity contribution in [3.05, 3.63) is 35.4 Å². The highest BCUT2D eigenvalue weighted by molar-refractivity contribution is 5.98. The number of likely N-dealkylation sites (tertiary alicyclic amines) is 1. The molecule has 2 rings (SSSR count). The molecule has 1 aromatic carbocycles. The summed E-state index contributed by atoms with van der Waals surface area (Å²) >= 11 is 0. The summed E-state index contributed by atoms with van der Waals surface area (Å²) in [5.41, 5.74) is -0.668. The molecule has 26 heavy (non-hydrogen) atoms. The molecule has 0 saturated carbocycles. The van der Waals surface area contributed by atoms with E-state index in [1.54, 1.807) is 13.8 Å². The highest BCUT2D eigenvalue weighted by Gasteiger charge is 2.29. The van der Waals surface area contributed by atoms with Gasteiger partial charge >= 0.3 is 0 Å². The van der Waals surface area contributed by atoms with Crippen molar-refractivity contribution in [3.63, 3.8) is 0 Å². The molecule has 1 fully saturated rings. The van der Waals surface area contributed by atoms with Crippen LogP contribution in [0.15, 0.2) is 18.2 Å². The number of amides is 2. The first-order valence-corrected chi connectivity index (χ1v) is 9.11. The number of benzene rings is 1. The number of halogens is 2. The molecule has 1 aromatic rings. The largest absolute Gasteiger partial charge is 0.353 e. The minimum absolute atomic E-state index is 0.223. The lowest BCUT2D eigenvalue weighted by molar-refractivity contribution is -0.124. The lowest BCUT2D eigenvalue weighted by atomic mass is 10.0. The van der Waals surface area contributed by atoms with Crippen LogP contribution in [0.4, 0.5) is 8.78 Å². The van der Waals surface area contributed by atoms with Crippen LogP contribution in [0.1, 0.15) is 44.0 Å². The topological polar surface area (TPSA) is 61.4 Å². The van der Waals surface area contributed by atoms with Crippen LogP contribution < -0.4 is 10.6 Å². The summed E-state index contributed by atoms with van der Waals surface area (Å²) in [5.74, 6) is -3.39. The van der Waals surface area contributed by atoms with Crippen LogP contribution in [0, 0.1) is 17.6 Å². The average Bonchev–Trinajstić information content (AvgIpc) is 3.04. The Morgan fingerprint density at radius 1 is 1.27 bits per heavy atom. The summed E-state index contributed by atoms with van der Waals surface area (Å²) in [6.07, 6.45) is 2.12. The Labute approximate surface area is 153 Å². The number of nitrogens with zero attached hydrogens (tertiary/aromatic N) is 1. The van der Waals surface area contributed by atoms with Gasteiger partial charge in [-0.1, -0.05) is 26.8 Å². The predicted octanol–water partition coefficient (Wildman–Crippen LogP) is 2.32. The number of carbonyl (C=O) groups is 2. The third-order valence-corrected chi connectivity index (χ3v) is 4.84. The Kier molecular flexibility index (Phi) is 7.08. The van der Waals surface area contributed by atoms with Crippen molar-refractivity contribution < 1.29 is 18.4 Å². The summed E-state index contributed by atoms with van der Waals surface area (Å²) in [5, 5.41) is 5.34. The molecule has 5 nitrogen and oxygen atoms in total. The van der Waals surface area contributed by atoms with Crippen LogP contribution in [-0.4, -0.2) is 48.4 Å². The number of rotatable bonds is 7. The molecule has 0 bridgehead atoms. The van der Waals surface area contributed by atoms with Crippen LogP contribution in [0.3, 0.4) is 0 Å². The molecule has 7 heteroatoms. The molecule has 2 amide bonds. The van der Waals surface area contributed by atoms with Gasteiger partial charge in [-0.05, 0) is 44.0 Å². The van der Waals surface area contributed by atoms with E-state index < -0.39 is 29.1 Å². The minimum atomic E-state index is -0.949. The van der Waals surface area contributed by atoms with E-state index in [4.69, 9.17) is 0 Å². The standard InChI is InChI=1S/C19H27F2N3O2/c1-4-24-10-6-7-13(24)11-22-19(26)17(12(2)3)23-18(25)16-14(20)8-5-9-15(16)21/h5,8-9,12-13,17H,4,6-7,10-11H2,1-3H3,(H,22,26)(H,23,25). The van der Waals surface area contributed by atoms with Crippen LogP contribution in [0.2, 0.25) is 0 Å². The van der Waals surface area contributed by atoms with Crippen LogP contribution in [-0.2, 0) is 4.79 Å². The van der Waals surface area contributed by atoms with Gasteiger partial charge < -0.3 is 10.6 Å². The maximum Gasteiger partial charge on any atom is 0.257 e. The first kappa shape index (κ1) is 20.3. The van der Waals surface area contributed by atoms with Gasteiger partial charge in [0.1, 0.15) is 23.2 Å². The van der Waals surface area contributed by atoms with Crippen molar-refractivity contribution >= 4 is 11.8 Å². The first-order valence-electron chi connectivity index (χ1n) is 9.11. The van der Waals surface area contributed by atoms with Crippen molar-refractivity contribution in [1.82, 2.24) is 15.5 Å². The van der Waals surface area contributed by atoms with Crippen LogP contribution in [0.25, 0.3) is 0 Å². The number of hydrogen-bond acceptors (Lipinski definition) is 3. The van der Waals surface area contributed by atoms with Gasteiger partial charge in [-0.3, -0.25) is 14.5 Å². The monoisotopic (exact) mass is 367 g/mol. The molecule has 2 atom stereocenters. The number of carbonyl (C=O) groups excluding carboxylic acids is 2. The third-order valence-electron chi connectivity index (χ3n) is 4.84. The quantitative estimate of drug-likeness (QED) is 0.778. The molecule has 0 aliphatic carbocycles. The fourth-order valence-electron chi connectivity index (χ4n) is 3.33. The zero-order chi connectivity index (χ0) is 19.3. The average molecular weight is 367 g/mol. The molecule has 0 radical (unpaired) electrons. The van der Waals surface area contributed by atoms with Gasteiger partial charge in [0, 0.05) is 12.6 Å². The van der Waals surface area contributed by atoms with Crippen molar-refractivity contribution in [3.8, 4) is 0 Å². The Morgan fingerprint density at radius 2 is 1.92 bits per heavy atom. The molecule has 0 aromatic heterocycles. The van der Waals surface area contributed by atoms with Crippen molar-refractivity contribution in [1.29, 1.82) is 0 Å². The molecule has 1 aliphatic heterocycles. The molecule has 0 spiro atoms. The smallest absolute Gasteiger partial charge is 0.257 e. The van der Waals surface area contributed by atoms with E-state index in [1.165, 1.54) is 6.07 Å². The van der Waals surface area contributed by atoms with E-state index in [9.17, 15) is 18.4 Å². The van der Waals surface area contributed by atoms with Crippen LogP contribution >= 0.6 is 0 Å². The lowest BCUT2D eigenvalue weighted by Crippen LogP contribution is -2.52. The highest BCUT2D eigenvalue weighted by atomic mass is 19.1.